The molecule has 0 radical (unpaired) electrons. The molecule has 0 aliphatic heterocycles. The van der Waals surface area contributed by atoms with Gasteiger partial charge in [-0.1, -0.05) is 20.8 Å². The third-order valence-corrected chi connectivity index (χ3v) is 4.54. The summed E-state index contributed by atoms with van der Waals surface area (Å²) in [6, 6.07) is 11.6. The summed E-state index contributed by atoms with van der Waals surface area (Å²) >= 11 is 0. The maximum Gasteiger partial charge on any atom is 0.221 e. The van der Waals surface area contributed by atoms with Crippen LogP contribution in [0.3, 0.4) is 0 Å². The lowest BCUT2D eigenvalue weighted by Gasteiger charge is -2.25. The summed E-state index contributed by atoms with van der Waals surface area (Å²) < 4.78 is 11.3. The minimum atomic E-state index is -0.125. The molecule has 6 heteroatoms. The SMILES string of the molecule is COc1ncccc1-c1cc(/C=C/c2ccc(N)nn2)c(OC)c(C(C)(C)C)c1. The fraction of sp³-hybridized carbons (Fsp3) is 0.261. The second-order valence-corrected chi connectivity index (χ2v) is 7.67. The summed E-state index contributed by atoms with van der Waals surface area (Å²) in [6.07, 6.45) is 5.58. The molecule has 0 aliphatic rings. The number of anilines is 1. The van der Waals surface area contributed by atoms with Crippen LogP contribution in [0.1, 0.15) is 37.6 Å². The van der Waals surface area contributed by atoms with Crippen molar-refractivity contribution in [3.8, 4) is 22.8 Å². The van der Waals surface area contributed by atoms with Crippen LogP contribution >= 0.6 is 0 Å². The van der Waals surface area contributed by atoms with Gasteiger partial charge < -0.3 is 15.2 Å². The molecule has 0 unspecified atom stereocenters. The van der Waals surface area contributed by atoms with Crippen molar-refractivity contribution < 1.29 is 9.47 Å². The smallest absolute Gasteiger partial charge is 0.221 e. The molecule has 6 nitrogen and oxygen atoms in total. The molecule has 0 spiro atoms. The zero-order valence-electron chi connectivity index (χ0n) is 17.4. The summed E-state index contributed by atoms with van der Waals surface area (Å²) in [5, 5.41) is 7.99. The third kappa shape index (κ3) is 4.54. The van der Waals surface area contributed by atoms with Gasteiger partial charge in [0, 0.05) is 22.9 Å². The van der Waals surface area contributed by atoms with Crippen LogP contribution in [-0.4, -0.2) is 29.4 Å². The number of rotatable bonds is 5. The van der Waals surface area contributed by atoms with Gasteiger partial charge in [-0.15, -0.1) is 10.2 Å². The van der Waals surface area contributed by atoms with Crippen LogP contribution in [0.15, 0.2) is 42.6 Å². The van der Waals surface area contributed by atoms with Gasteiger partial charge in [-0.3, -0.25) is 0 Å². The fourth-order valence-electron chi connectivity index (χ4n) is 3.11. The standard InChI is InChI=1S/C23H26N4O2/c1-23(2,3)19-14-16(18-7-6-12-25-22(18)29-5)13-15(21(19)28-4)8-9-17-10-11-20(24)27-26-17/h6-14H,1-5H3,(H2,24,27)/b9-8+. The molecule has 0 atom stereocenters. The first-order valence-corrected chi connectivity index (χ1v) is 9.32. The fourth-order valence-corrected chi connectivity index (χ4v) is 3.11. The molecule has 2 heterocycles. The molecule has 2 N–H and O–H groups in total. The van der Waals surface area contributed by atoms with Crippen molar-refractivity contribution in [3.05, 3.63) is 59.4 Å². The third-order valence-electron chi connectivity index (χ3n) is 4.54. The number of hydrogen-bond acceptors (Lipinski definition) is 6. The molecule has 3 aromatic rings. The van der Waals surface area contributed by atoms with Crippen molar-refractivity contribution in [2.75, 3.05) is 20.0 Å². The van der Waals surface area contributed by atoms with Gasteiger partial charge in [-0.25, -0.2) is 4.98 Å². The van der Waals surface area contributed by atoms with E-state index in [1.807, 2.05) is 30.4 Å². The Morgan fingerprint density at radius 3 is 2.38 bits per heavy atom. The molecule has 2 aromatic heterocycles. The highest BCUT2D eigenvalue weighted by atomic mass is 16.5. The van der Waals surface area contributed by atoms with Crippen LogP contribution < -0.4 is 15.2 Å². The summed E-state index contributed by atoms with van der Waals surface area (Å²) in [5.74, 6) is 1.79. The second-order valence-electron chi connectivity index (χ2n) is 7.67. The molecular weight excluding hydrogens is 364 g/mol. The van der Waals surface area contributed by atoms with E-state index in [1.165, 1.54) is 0 Å². The number of nitrogens with two attached hydrogens (primary N) is 1. The number of ether oxygens (including phenoxy) is 2. The Morgan fingerprint density at radius 1 is 0.966 bits per heavy atom. The van der Waals surface area contributed by atoms with E-state index in [-0.39, 0.29) is 5.41 Å². The molecule has 1 aromatic carbocycles. The van der Waals surface area contributed by atoms with Gasteiger partial charge in [0.15, 0.2) is 0 Å². The largest absolute Gasteiger partial charge is 0.496 e. The maximum absolute atomic E-state index is 5.80. The van der Waals surface area contributed by atoms with E-state index in [9.17, 15) is 0 Å². The Balaban J connectivity index is 2.19. The second kappa shape index (κ2) is 8.31. The van der Waals surface area contributed by atoms with Crippen molar-refractivity contribution in [2.24, 2.45) is 0 Å². The topological polar surface area (TPSA) is 83.2 Å². The first-order valence-electron chi connectivity index (χ1n) is 9.32. The van der Waals surface area contributed by atoms with E-state index >= 15 is 0 Å². The minimum Gasteiger partial charge on any atom is -0.496 e. The quantitative estimate of drug-likeness (QED) is 0.685. The molecule has 0 saturated heterocycles. The van der Waals surface area contributed by atoms with E-state index < -0.39 is 0 Å². The number of methoxy groups -OCH3 is 2. The molecule has 0 fully saturated rings. The average molecular weight is 390 g/mol. The van der Waals surface area contributed by atoms with Gasteiger partial charge in [0.05, 0.1) is 19.9 Å². The minimum absolute atomic E-state index is 0.125. The molecule has 150 valence electrons. The summed E-state index contributed by atoms with van der Waals surface area (Å²) in [4.78, 5) is 4.34. The molecule has 0 saturated carbocycles. The number of aromatic nitrogens is 3. The normalized spacial score (nSPS) is 11.6. The van der Waals surface area contributed by atoms with Crippen molar-refractivity contribution >= 4 is 18.0 Å². The van der Waals surface area contributed by atoms with Gasteiger partial charge in [0.2, 0.25) is 5.88 Å². The van der Waals surface area contributed by atoms with E-state index in [4.69, 9.17) is 15.2 Å². The van der Waals surface area contributed by atoms with Crippen LogP contribution in [-0.2, 0) is 5.41 Å². The Hall–Kier alpha value is -3.41. The maximum atomic E-state index is 5.80. The zero-order valence-corrected chi connectivity index (χ0v) is 17.4. The van der Waals surface area contributed by atoms with Crippen molar-refractivity contribution in [2.45, 2.75) is 26.2 Å². The number of pyridine rings is 1. The van der Waals surface area contributed by atoms with Gasteiger partial charge in [0.1, 0.15) is 11.6 Å². The highest BCUT2D eigenvalue weighted by molar-refractivity contribution is 5.79. The van der Waals surface area contributed by atoms with E-state index in [0.29, 0.717) is 17.4 Å². The Bertz CT molecular complexity index is 1020. The predicted molar refractivity (Wildman–Crippen MR) is 117 cm³/mol. The molecular formula is C23H26N4O2. The zero-order chi connectivity index (χ0) is 21.0. The molecule has 0 aliphatic carbocycles. The summed E-state index contributed by atoms with van der Waals surface area (Å²) in [7, 11) is 3.32. The lowest BCUT2D eigenvalue weighted by Crippen LogP contribution is -2.14. The lowest BCUT2D eigenvalue weighted by atomic mass is 9.83. The van der Waals surface area contributed by atoms with Crippen LogP contribution in [0.2, 0.25) is 0 Å². The van der Waals surface area contributed by atoms with E-state index in [2.05, 4.69) is 48.1 Å². The van der Waals surface area contributed by atoms with Crippen molar-refractivity contribution in [1.29, 1.82) is 0 Å². The van der Waals surface area contributed by atoms with Crippen molar-refractivity contribution in [1.82, 2.24) is 15.2 Å². The highest BCUT2D eigenvalue weighted by Crippen LogP contribution is 2.40. The number of hydrogen-bond donors (Lipinski definition) is 1. The Kier molecular flexibility index (Phi) is 5.82. The number of nitrogens with zero attached hydrogens (tertiary/aromatic N) is 3. The van der Waals surface area contributed by atoms with Crippen LogP contribution in [0.5, 0.6) is 11.6 Å². The van der Waals surface area contributed by atoms with E-state index in [1.54, 1.807) is 26.5 Å². The molecule has 29 heavy (non-hydrogen) atoms. The molecule has 0 amide bonds. The Morgan fingerprint density at radius 2 is 1.76 bits per heavy atom. The van der Waals surface area contributed by atoms with Crippen LogP contribution in [0, 0.1) is 0 Å². The first-order chi connectivity index (χ1) is 13.8. The van der Waals surface area contributed by atoms with Crippen LogP contribution in [0.4, 0.5) is 5.82 Å². The van der Waals surface area contributed by atoms with Gasteiger partial charge >= 0.3 is 0 Å². The number of nitrogen functional groups attached to an aromatic ring is 1. The first kappa shape index (κ1) is 20.3. The van der Waals surface area contributed by atoms with Gasteiger partial charge in [-0.05, 0) is 59.5 Å². The van der Waals surface area contributed by atoms with E-state index in [0.717, 1.165) is 28.0 Å². The highest BCUT2D eigenvalue weighted by Gasteiger charge is 2.23. The number of benzene rings is 1. The average Bonchev–Trinajstić information content (AvgIpc) is 2.72. The van der Waals surface area contributed by atoms with Crippen molar-refractivity contribution in [3.63, 3.8) is 0 Å². The molecule has 0 bridgehead atoms. The molecule has 3 rings (SSSR count). The summed E-state index contributed by atoms with van der Waals surface area (Å²) in [6.45, 7) is 6.48. The predicted octanol–water partition coefficient (Wildman–Crippen LogP) is 4.61. The van der Waals surface area contributed by atoms with Gasteiger partial charge in [-0.2, -0.15) is 0 Å². The monoisotopic (exact) mass is 390 g/mol. The summed E-state index contributed by atoms with van der Waals surface area (Å²) in [5.41, 5.74) is 10.2. The Labute approximate surface area is 171 Å². The van der Waals surface area contributed by atoms with Crippen LogP contribution in [0.25, 0.3) is 23.3 Å². The van der Waals surface area contributed by atoms with Gasteiger partial charge in [0.25, 0.3) is 0 Å². The lowest BCUT2D eigenvalue weighted by molar-refractivity contribution is 0.396.